The molecule has 12 nitrogen and oxygen atoms in total. The van der Waals surface area contributed by atoms with Crippen LogP contribution in [0, 0.1) is 10.1 Å². The van der Waals surface area contributed by atoms with Gasteiger partial charge in [-0.3, -0.25) is 19.9 Å². The maximum absolute atomic E-state index is 12.9. The van der Waals surface area contributed by atoms with Crippen LogP contribution < -0.4 is 10.2 Å². The van der Waals surface area contributed by atoms with E-state index in [-0.39, 0.29) is 11.6 Å². The lowest BCUT2D eigenvalue weighted by molar-refractivity contribution is -0.384. The summed E-state index contributed by atoms with van der Waals surface area (Å²) in [5.41, 5.74) is 3.65. The van der Waals surface area contributed by atoms with E-state index in [0.29, 0.717) is 72.8 Å². The van der Waals surface area contributed by atoms with E-state index in [1.54, 1.807) is 43.0 Å². The summed E-state index contributed by atoms with van der Waals surface area (Å²) in [6, 6.07) is 17.4. The van der Waals surface area contributed by atoms with Gasteiger partial charge in [-0.15, -0.1) is 0 Å². The summed E-state index contributed by atoms with van der Waals surface area (Å²) in [6.07, 6.45) is 4.92. The van der Waals surface area contributed by atoms with E-state index in [2.05, 4.69) is 20.2 Å². The Kier molecular flexibility index (Phi) is 7.60. The maximum atomic E-state index is 12.9. The van der Waals surface area contributed by atoms with Crippen molar-refractivity contribution in [3.05, 3.63) is 111 Å². The molecule has 4 heterocycles. The van der Waals surface area contributed by atoms with Crippen LogP contribution in [0.2, 0.25) is 5.02 Å². The number of non-ortho nitro benzene ring substituents is 1. The Hall–Kier alpha value is -5.10. The summed E-state index contributed by atoms with van der Waals surface area (Å²) in [5.74, 6) is 1.05. The van der Waals surface area contributed by atoms with Crippen molar-refractivity contribution in [3.63, 3.8) is 0 Å². The number of nitrogens with one attached hydrogen (secondary N) is 1. The minimum absolute atomic E-state index is 0.0308. The number of carbonyl (C=O) groups excluding carboxylic acids is 1. The number of nitro benzene ring substituents is 1. The zero-order chi connectivity index (χ0) is 29.1. The number of fused-ring (bicyclic) bond motifs is 1. The van der Waals surface area contributed by atoms with Gasteiger partial charge in [0.2, 0.25) is 5.95 Å². The molecule has 3 aromatic heterocycles. The second-order valence-corrected chi connectivity index (χ2v) is 10.2. The first kappa shape index (κ1) is 27.1. The highest BCUT2D eigenvalue weighted by atomic mass is 35.5. The second-order valence-electron chi connectivity index (χ2n) is 9.80. The number of rotatable bonds is 8. The zero-order valence-corrected chi connectivity index (χ0v) is 23.2. The first-order valence-corrected chi connectivity index (χ1v) is 13.7. The standard InChI is InChI=1S/C29H26ClN9O3/c30-24-4-2-1-3-22(24)17-32-26-25-27(38(19-33-25)18-20-5-7-23(8-6-20)39(41)42)35-29(34-26)37-15-13-36(14-16-37)28(40)21-9-11-31-12-10-21/h1-12,19H,13-18H2,(H,32,34,35). The number of benzene rings is 2. The average molecular weight is 584 g/mol. The lowest BCUT2D eigenvalue weighted by Crippen LogP contribution is -2.49. The molecule has 2 aromatic carbocycles. The van der Waals surface area contributed by atoms with E-state index in [1.807, 2.05) is 33.7 Å². The van der Waals surface area contributed by atoms with E-state index in [1.165, 1.54) is 12.1 Å². The van der Waals surface area contributed by atoms with Gasteiger partial charge >= 0.3 is 0 Å². The molecule has 1 aliphatic rings. The number of piperazine rings is 1. The Morgan fingerprint density at radius 3 is 2.43 bits per heavy atom. The van der Waals surface area contributed by atoms with Gasteiger partial charge < -0.3 is 19.7 Å². The first-order chi connectivity index (χ1) is 20.5. The number of aromatic nitrogens is 5. The average Bonchev–Trinajstić information content (AvgIpc) is 3.43. The van der Waals surface area contributed by atoms with Gasteiger partial charge in [0.05, 0.1) is 17.8 Å². The smallest absolute Gasteiger partial charge is 0.269 e. The second kappa shape index (κ2) is 11.8. The van der Waals surface area contributed by atoms with Crippen LogP contribution in [0.15, 0.2) is 79.4 Å². The summed E-state index contributed by atoms with van der Waals surface area (Å²) in [7, 11) is 0. The van der Waals surface area contributed by atoms with Crippen LogP contribution in [-0.4, -0.2) is 66.4 Å². The van der Waals surface area contributed by atoms with Gasteiger partial charge in [0, 0.05) is 67.8 Å². The SMILES string of the molecule is O=C(c1ccncc1)N1CCN(c2nc(NCc3ccccc3Cl)c3ncn(Cc4ccc([N+](=O)[O-])cc4)c3n2)CC1. The van der Waals surface area contributed by atoms with E-state index in [9.17, 15) is 14.9 Å². The van der Waals surface area contributed by atoms with Gasteiger partial charge in [-0.1, -0.05) is 41.9 Å². The molecule has 1 aliphatic heterocycles. The highest BCUT2D eigenvalue weighted by molar-refractivity contribution is 6.31. The van der Waals surface area contributed by atoms with Crippen molar-refractivity contribution in [1.29, 1.82) is 0 Å². The largest absolute Gasteiger partial charge is 0.364 e. The van der Waals surface area contributed by atoms with Gasteiger partial charge in [0.25, 0.3) is 11.6 Å². The molecule has 1 amide bonds. The molecule has 13 heteroatoms. The molecule has 0 saturated carbocycles. The number of halogens is 1. The van der Waals surface area contributed by atoms with Crippen molar-refractivity contribution < 1.29 is 9.72 Å². The third kappa shape index (κ3) is 5.70. The van der Waals surface area contributed by atoms with Crippen LogP contribution in [-0.2, 0) is 13.1 Å². The molecular formula is C29H26ClN9O3. The highest BCUT2D eigenvalue weighted by Crippen LogP contribution is 2.26. The van der Waals surface area contributed by atoms with Crippen molar-refractivity contribution >= 4 is 46.1 Å². The number of amides is 1. The Balaban J connectivity index is 1.28. The number of nitrogens with zero attached hydrogens (tertiary/aromatic N) is 8. The summed E-state index contributed by atoms with van der Waals surface area (Å²) in [6.45, 7) is 3.02. The van der Waals surface area contributed by atoms with E-state index >= 15 is 0 Å². The van der Waals surface area contributed by atoms with E-state index in [0.717, 1.165) is 11.1 Å². The molecule has 1 N–H and O–H groups in total. The van der Waals surface area contributed by atoms with Gasteiger partial charge in [-0.2, -0.15) is 9.97 Å². The topological polar surface area (TPSA) is 135 Å². The minimum atomic E-state index is -0.419. The molecular weight excluding hydrogens is 558 g/mol. The molecule has 0 spiro atoms. The molecule has 0 bridgehead atoms. The van der Waals surface area contributed by atoms with Gasteiger partial charge in [-0.05, 0) is 29.3 Å². The zero-order valence-electron chi connectivity index (χ0n) is 22.4. The Morgan fingerprint density at radius 2 is 1.71 bits per heavy atom. The van der Waals surface area contributed by atoms with E-state index < -0.39 is 4.92 Å². The summed E-state index contributed by atoms with van der Waals surface area (Å²) >= 11 is 6.39. The van der Waals surface area contributed by atoms with Crippen LogP contribution in [0.1, 0.15) is 21.5 Å². The van der Waals surface area contributed by atoms with Crippen LogP contribution in [0.4, 0.5) is 17.5 Å². The number of imidazole rings is 1. The lowest BCUT2D eigenvalue weighted by atomic mass is 10.2. The quantitative estimate of drug-likeness (QED) is 0.208. The number of nitro groups is 1. The molecule has 1 fully saturated rings. The molecule has 5 aromatic rings. The summed E-state index contributed by atoms with van der Waals surface area (Å²) in [5, 5.41) is 15.1. The van der Waals surface area contributed by atoms with Gasteiger partial charge in [0.15, 0.2) is 17.0 Å². The van der Waals surface area contributed by atoms with Crippen molar-refractivity contribution in [1.82, 2.24) is 29.4 Å². The summed E-state index contributed by atoms with van der Waals surface area (Å²) < 4.78 is 1.89. The van der Waals surface area contributed by atoms with Crippen molar-refractivity contribution in [3.8, 4) is 0 Å². The van der Waals surface area contributed by atoms with Crippen LogP contribution >= 0.6 is 11.6 Å². The number of anilines is 2. The van der Waals surface area contributed by atoms with Crippen molar-refractivity contribution in [2.45, 2.75) is 13.1 Å². The third-order valence-electron chi connectivity index (χ3n) is 7.13. The lowest BCUT2D eigenvalue weighted by Gasteiger charge is -2.35. The maximum Gasteiger partial charge on any atom is 0.269 e. The minimum Gasteiger partial charge on any atom is -0.364 e. The monoisotopic (exact) mass is 583 g/mol. The molecule has 212 valence electrons. The highest BCUT2D eigenvalue weighted by Gasteiger charge is 2.25. The normalized spacial score (nSPS) is 13.4. The molecule has 6 rings (SSSR count). The fourth-order valence-electron chi connectivity index (χ4n) is 4.84. The summed E-state index contributed by atoms with van der Waals surface area (Å²) in [4.78, 5) is 45.8. The van der Waals surface area contributed by atoms with E-state index in [4.69, 9.17) is 21.6 Å². The number of hydrogen-bond acceptors (Lipinski definition) is 9. The molecule has 0 aliphatic carbocycles. The predicted octanol–water partition coefficient (Wildman–Crippen LogP) is 4.41. The fraction of sp³-hybridized carbons (Fsp3) is 0.207. The van der Waals surface area contributed by atoms with Crippen LogP contribution in [0.3, 0.4) is 0 Å². The number of carbonyl (C=O) groups is 1. The predicted molar refractivity (Wildman–Crippen MR) is 159 cm³/mol. The number of hydrogen-bond donors (Lipinski definition) is 1. The molecule has 1 saturated heterocycles. The van der Waals surface area contributed by atoms with Crippen LogP contribution in [0.5, 0.6) is 0 Å². The third-order valence-corrected chi connectivity index (χ3v) is 7.50. The molecule has 0 unspecified atom stereocenters. The molecule has 0 radical (unpaired) electrons. The van der Waals surface area contributed by atoms with Gasteiger partial charge in [-0.25, -0.2) is 4.98 Å². The van der Waals surface area contributed by atoms with Crippen molar-refractivity contribution in [2.24, 2.45) is 0 Å². The Labute approximate surface area is 245 Å². The van der Waals surface area contributed by atoms with Crippen LogP contribution in [0.25, 0.3) is 11.2 Å². The fourth-order valence-corrected chi connectivity index (χ4v) is 5.04. The molecule has 0 atom stereocenters. The number of pyridine rings is 1. The van der Waals surface area contributed by atoms with Gasteiger partial charge in [0.1, 0.15) is 0 Å². The van der Waals surface area contributed by atoms with Crippen molar-refractivity contribution in [2.75, 3.05) is 36.4 Å². The Morgan fingerprint density at radius 1 is 0.976 bits per heavy atom. The first-order valence-electron chi connectivity index (χ1n) is 13.3. The Bertz CT molecular complexity index is 1740. The molecule has 42 heavy (non-hydrogen) atoms.